The van der Waals surface area contributed by atoms with Gasteiger partial charge in [-0.2, -0.15) is 0 Å². The maximum Gasteiger partial charge on any atom is -0.0259 e. The monoisotopic (exact) mass is 82.1 g/mol. The van der Waals surface area contributed by atoms with Crippen molar-refractivity contribution in [1.29, 1.82) is 0 Å². The van der Waals surface area contributed by atoms with Crippen molar-refractivity contribution in [3.8, 4) is 0 Å². The van der Waals surface area contributed by atoms with Crippen LogP contribution in [-0.2, 0) is 0 Å². The van der Waals surface area contributed by atoms with Gasteiger partial charge in [0.25, 0.3) is 0 Å². The molecular formula is C6H10. The van der Waals surface area contributed by atoms with Gasteiger partial charge >= 0.3 is 0 Å². The zero-order valence-corrected chi connectivity index (χ0v) is 4.15. The van der Waals surface area contributed by atoms with Gasteiger partial charge in [0.15, 0.2) is 0 Å². The molecular weight excluding hydrogens is 72.1 g/mol. The zero-order valence-electron chi connectivity index (χ0n) is 4.15. The van der Waals surface area contributed by atoms with Crippen molar-refractivity contribution in [3.63, 3.8) is 0 Å². The van der Waals surface area contributed by atoms with Crippen LogP contribution < -0.4 is 0 Å². The Kier molecular flexibility index (Phi) is 0.952. The molecule has 0 nitrogen and oxygen atoms in total. The van der Waals surface area contributed by atoms with Gasteiger partial charge in [0.2, 0.25) is 0 Å². The molecule has 0 aliphatic heterocycles. The molecule has 34 valence electrons. The molecule has 0 bridgehead atoms. The summed E-state index contributed by atoms with van der Waals surface area (Å²) in [4.78, 5) is 0. The van der Waals surface area contributed by atoms with Gasteiger partial charge in [-0.05, 0) is 18.8 Å². The maximum atomic E-state index is 2.28. The number of hydrogen-bond acceptors (Lipinski definition) is 0. The number of allylic oxidation sites excluding steroid dienone is 2. The average Bonchev–Trinajstić information content (AvgIpc) is 1.86. The highest BCUT2D eigenvalue weighted by molar-refractivity contribution is 4.93. The van der Waals surface area contributed by atoms with Crippen molar-refractivity contribution < 1.29 is 0 Å². The molecule has 0 fully saturated rings. The SMILES string of the molecule is C[C@H]1C=CCC1. The molecule has 0 spiro atoms. The van der Waals surface area contributed by atoms with Crippen LogP contribution in [0, 0.1) is 5.92 Å². The van der Waals surface area contributed by atoms with E-state index in [1.165, 1.54) is 12.8 Å². The quantitative estimate of drug-likeness (QED) is 0.392. The lowest BCUT2D eigenvalue weighted by atomic mass is 10.2. The van der Waals surface area contributed by atoms with Crippen LogP contribution in [0.4, 0.5) is 0 Å². The fourth-order valence-electron chi connectivity index (χ4n) is 0.784. The molecule has 0 saturated carbocycles. The summed E-state index contributed by atoms with van der Waals surface area (Å²) in [6.07, 6.45) is 7.21. The first kappa shape index (κ1) is 3.91. The second kappa shape index (κ2) is 1.46. The summed E-state index contributed by atoms with van der Waals surface area (Å²) in [6.45, 7) is 2.25. The third kappa shape index (κ3) is 0.618. The molecule has 1 aliphatic carbocycles. The van der Waals surface area contributed by atoms with E-state index in [4.69, 9.17) is 0 Å². The average molecular weight is 82.1 g/mol. The van der Waals surface area contributed by atoms with Crippen LogP contribution in [0.2, 0.25) is 0 Å². The van der Waals surface area contributed by atoms with Crippen LogP contribution in [0.3, 0.4) is 0 Å². The van der Waals surface area contributed by atoms with Crippen molar-refractivity contribution in [2.45, 2.75) is 19.8 Å². The van der Waals surface area contributed by atoms with E-state index in [1.54, 1.807) is 0 Å². The Hall–Kier alpha value is -0.260. The van der Waals surface area contributed by atoms with E-state index in [-0.39, 0.29) is 0 Å². The number of rotatable bonds is 0. The third-order valence-corrected chi connectivity index (χ3v) is 1.25. The van der Waals surface area contributed by atoms with Crippen molar-refractivity contribution >= 4 is 0 Å². The molecule has 0 radical (unpaired) electrons. The highest BCUT2D eigenvalue weighted by Gasteiger charge is 1.98. The van der Waals surface area contributed by atoms with E-state index >= 15 is 0 Å². The summed E-state index contributed by atoms with van der Waals surface area (Å²) >= 11 is 0. The van der Waals surface area contributed by atoms with Crippen molar-refractivity contribution in [1.82, 2.24) is 0 Å². The van der Waals surface area contributed by atoms with Crippen molar-refractivity contribution in [2.75, 3.05) is 0 Å². The Balaban J connectivity index is 2.38. The fraction of sp³-hybridized carbons (Fsp3) is 0.667. The first-order chi connectivity index (χ1) is 2.89. The summed E-state index contributed by atoms with van der Waals surface area (Å²) in [6, 6.07) is 0. The molecule has 1 aliphatic rings. The predicted octanol–water partition coefficient (Wildman–Crippen LogP) is 1.97. The fourth-order valence-corrected chi connectivity index (χ4v) is 0.784. The molecule has 0 saturated heterocycles. The van der Waals surface area contributed by atoms with Crippen LogP contribution >= 0.6 is 0 Å². The number of hydrogen-bond donors (Lipinski definition) is 0. The summed E-state index contributed by atoms with van der Waals surface area (Å²) < 4.78 is 0. The van der Waals surface area contributed by atoms with E-state index in [9.17, 15) is 0 Å². The largest absolute Gasteiger partial charge is 0.0882 e. The van der Waals surface area contributed by atoms with Crippen LogP contribution in [0.1, 0.15) is 19.8 Å². The smallest absolute Gasteiger partial charge is 0.0259 e. The van der Waals surface area contributed by atoms with Gasteiger partial charge in [-0.25, -0.2) is 0 Å². The van der Waals surface area contributed by atoms with E-state index in [2.05, 4.69) is 19.1 Å². The van der Waals surface area contributed by atoms with Crippen molar-refractivity contribution in [3.05, 3.63) is 12.2 Å². The van der Waals surface area contributed by atoms with Crippen LogP contribution in [0.5, 0.6) is 0 Å². The summed E-state index contributed by atoms with van der Waals surface area (Å²) in [5, 5.41) is 0. The van der Waals surface area contributed by atoms with Crippen LogP contribution in [-0.4, -0.2) is 0 Å². The highest BCUT2D eigenvalue weighted by Crippen LogP contribution is 2.14. The van der Waals surface area contributed by atoms with Gasteiger partial charge in [-0.15, -0.1) is 0 Å². The Labute approximate surface area is 38.9 Å². The first-order valence-corrected chi connectivity index (χ1v) is 2.56. The molecule has 1 atom stereocenters. The molecule has 0 heterocycles. The van der Waals surface area contributed by atoms with Gasteiger partial charge < -0.3 is 0 Å². The second-order valence-corrected chi connectivity index (χ2v) is 1.98. The Morgan fingerprint density at radius 3 is 2.67 bits per heavy atom. The van der Waals surface area contributed by atoms with Crippen LogP contribution in [0.15, 0.2) is 12.2 Å². The third-order valence-electron chi connectivity index (χ3n) is 1.25. The molecule has 0 aromatic heterocycles. The standard InChI is InChI=1S/C6H10/c1-6-4-2-3-5-6/h2,4,6H,3,5H2,1H3/t6-/m0/s1. The molecule has 0 N–H and O–H groups in total. The molecule has 0 unspecified atom stereocenters. The Bertz CT molecular complexity index is 62.4. The Morgan fingerprint density at radius 2 is 2.50 bits per heavy atom. The van der Waals surface area contributed by atoms with Crippen molar-refractivity contribution in [2.24, 2.45) is 5.92 Å². The summed E-state index contributed by atoms with van der Waals surface area (Å²) in [5.41, 5.74) is 0. The van der Waals surface area contributed by atoms with E-state index < -0.39 is 0 Å². The van der Waals surface area contributed by atoms with Gasteiger partial charge in [0, 0.05) is 0 Å². The van der Waals surface area contributed by atoms with E-state index in [0.717, 1.165) is 5.92 Å². The predicted molar refractivity (Wildman–Crippen MR) is 27.5 cm³/mol. The highest BCUT2D eigenvalue weighted by atomic mass is 14.0. The lowest BCUT2D eigenvalue weighted by molar-refractivity contribution is 0.701. The normalized spacial score (nSPS) is 31.8. The summed E-state index contributed by atoms with van der Waals surface area (Å²) in [5.74, 6) is 0.866. The molecule has 0 aromatic carbocycles. The maximum absolute atomic E-state index is 2.28. The van der Waals surface area contributed by atoms with Gasteiger partial charge in [-0.1, -0.05) is 19.1 Å². The second-order valence-electron chi connectivity index (χ2n) is 1.98. The van der Waals surface area contributed by atoms with Gasteiger partial charge in [0.1, 0.15) is 0 Å². The Morgan fingerprint density at radius 1 is 1.67 bits per heavy atom. The lowest BCUT2D eigenvalue weighted by Crippen LogP contribution is -1.76. The molecule has 6 heavy (non-hydrogen) atoms. The minimum absolute atomic E-state index is 0.866. The van der Waals surface area contributed by atoms with E-state index in [0.29, 0.717) is 0 Å². The molecule has 0 amide bonds. The van der Waals surface area contributed by atoms with Crippen LogP contribution in [0.25, 0.3) is 0 Å². The molecule has 0 heteroatoms. The minimum atomic E-state index is 0.866. The first-order valence-electron chi connectivity index (χ1n) is 2.56. The lowest BCUT2D eigenvalue weighted by Gasteiger charge is -1.89. The summed E-state index contributed by atoms with van der Waals surface area (Å²) in [7, 11) is 0. The van der Waals surface area contributed by atoms with E-state index in [1.807, 2.05) is 0 Å². The van der Waals surface area contributed by atoms with Gasteiger partial charge in [-0.3, -0.25) is 0 Å². The topological polar surface area (TPSA) is 0 Å². The molecule has 1 rings (SSSR count). The zero-order chi connectivity index (χ0) is 4.41. The minimum Gasteiger partial charge on any atom is -0.0882 e. The van der Waals surface area contributed by atoms with Gasteiger partial charge in [0.05, 0.1) is 0 Å². The molecule has 0 aromatic rings.